The average Bonchev–Trinajstić information content (AvgIpc) is 2.24. The maximum Gasteiger partial charge on any atom is 0.574 e. The van der Waals surface area contributed by atoms with Crippen LogP contribution in [0.2, 0.25) is 0 Å². The fourth-order valence-corrected chi connectivity index (χ4v) is 1.26. The molecule has 1 aromatic heterocycles. The fourth-order valence-electron chi connectivity index (χ4n) is 1.26. The molecule has 0 spiro atoms. The summed E-state index contributed by atoms with van der Waals surface area (Å²) in [4.78, 5) is 14.3. The van der Waals surface area contributed by atoms with Crippen molar-refractivity contribution in [1.82, 2.24) is 4.98 Å². The van der Waals surface area contributed by atoms with E-state index >= 15 is 0 Å². The van der Waals surface area contributed by atoms with Gasteiger partial charge in [0.25, 0.3) is 0 Å². The molecule has 0 aliphatic rings. The van der Waals surface area contributed by atoms with Gasteiger partial charge in [-0.25, -0.2) is 9.78 Å². The van der Waals surface area contributed by atoms with E-state index in [-0.39, 0.29) is 18.0 Å². The number of ether oxygens (including phenoxy) is 2. The van der Waals surface area contributed by atoms with E-state index in [1.54, 1.807) is 0 Å². The molecule has 0 unspecified atom stereocenters. The second-order valence-electron chi connectivity index (χ2n) is 3.04. The molecule has 3 N–H and O–H groups in total. The molecule has 100 valence electrons. The van der Waals surface area contributed by atoms with E-state index in [4.69, 9.17) is 10.8 Å². The summed E-state index contributed by atoms with van der Waals surface area (Å²) in [6.45, 7) is -0.368. The van der Waals surface area contributed by atoms with Crippen molar-refractivity contribution < 1.29 is 32.5 Å². The van der Waals surface area contributed by atoms with Crippen molar-refractivity contribution in [3.05, 3.63) is 17.3 Å². The summed E-state index contributed by atoms with van der Waals surface area (Å²) in [5.74, 6) is -2.54. The minimum Gasteiger partial charge on any atom is -0.496 e. The van der Waals surface area contributed by atoms with Crippen molar-refractivity contribution in [2.24, 2.45) is 5.73 Å². The number of hydrogen-bond acceptors (Lipinski definition) is 5. The summed E-state index contributed by atoms with van der Waals surface area (Å²) in [5.41, 5.74) is 4.57. The van der Waals surface area contributed by atoms with Gasteiger partial charge in [0.15, 0.2) is 0 Å². The van der Waals surface area contributed by atoms with Crippen molar-refractivity contribution in [2.45, 2.75) is 12.9 Å². The van der Waals surface area contributed by atoms with Gasteiger partial charge in [0.2, 0.25) is 5.88 Å². The molecular weight excluding hydrogens is 257 g/mol. The molecule has 9 heteroatoms. The molecule has 0 amide bonds. The SMILES string of the molecule is COc1cc(OC(F)(F)F)nc(CN)c1C(=O)O. The second kappa shape index (κ2) is 5.08. The lowest BCUT2D eigenvalue weighted by Gasteiger charge is -2.13. The van der Waals surface area contributed by atoms with E-state index in [2.05, 4.69) is 14.5 Å². The van der Waals surface area contributed by atoms with Gasteiger partial charge in [-0.3, -0.25) is 0 Å². The third kappa shape index (κ3) is 3.23. The normalized spacial score (nSPS) is 11.2. The van der Waals surface area contributed by atoms with Crippen molar-refractivity contribution >= 4 is 5.97 Å². The van der Waals surface area contributed by atoms with Gasteiger partial charge in [-0.05, 0) is 0 Å². The number of carboxylic acid groups (broad SMARTS) is 1. The number of halogens is 3. The van der Waals surface area contributed by atoms with E-state index in [0.29, 0.717) is 0 Å². The molecular formula is C9H9F3N2O4. The summed E-state index contributed by atoms with van der Waals surface area (Å²) in [6.07, 6.45) is -4.94. The highest BCUT2D eigenvalue weighted by Crippen LogP contribution is 2.29. The van der Waals surface area contributed by atoms with E-state index in [1.807, 2.05) is 0 Å². The number of aromatic carboxylic acids is 1. The number of alkyl halides is 3. The van der Waals surface area contributed by atoms with E-state index in [9.17, 15) is 18.0 Å². The van der Waals surface area contributed by atoms with E-state index in [1.165, 1.54) is 0 Å². The van der Waals surface area contributed by atoms with Gasteiger partial charge in [0, 0.05) is 12.6 Å². The fraction of sp³-hybridized carbons (Fsp3) is 0.333. The van der Waals surface area contributed by atoms with Crippen LogP contribution in [-0.4, -0.2) is 29.5 Å². The van der Waals surface area contributed by atoms with Crippen LogP contribution in [0.25, 0.3) is 0 Å². The summed E-state index contributed by atoms with van der Waals surface area (Å²) < 4.78 is 44.3. The third-order valence-corrected chi connectivity index (χ3v) is 1.88. The van der Waals surface area contributed by atoms with Crippen molar-refractivity contribution in [1.29, 1.82) is 0 Å². The zero-order chi connectivity index (χ0) is 13.9. The largest absolute Gasteiger partial charge is 0.574 e. The Labute approximate surface area is 99.1 Å². The van der Waals surface area contributed by atoms with Gasteiger partial charge in [0.05, 0.1) is 12.8 Å². The zero-order valence-corrected chi connectivity index (χ0v) is 9.11. The highest BCUT2D eigenvalue weighted by atomic mass is 19.4. The van der Waals surface area contributed by atoms with Crippen LogP contribution in [0, 0.1) is 0 Å². The van der Waals surface area contributed by atoms with Gasteiger partial charge < -0.3 is 20.3 Å². The van der Waals surface area contributed by atoms with Crippen LogP contribution in [0.3, 0.4) is 0 Å². The molecule has 0 bridgehead atoms. The zero-order valence-electron chi connectivity index (χ0n) is 9.11. The van der Waals surface area contributed by atoms with Crippen LogP contribution in [0.5, 0.6) is 11.6 Å². The monoisotopic (exact) mass is 266 g/mol. The topological polar surface area (TPSA) is 94.7 Å². The van der Waals surface area contributed by atoms with Crippen LogP contribution in [0.15, 0.2) is 6.07 Å². The van der Waals surface area contributed by atoms with Crippen LogP contribution in [-0.2, 0) is 6.54 Å². The lowest BCUT2D eigenvalue weighted by atomic mass is 10.1. The molecule has 0 atom stereocenters. The van der Waals surface area contributed by atoms with E-state index in [0.717, 1.165) is 13.2 Å². The number of nitrogens with two attached hydrogens (primary N) is 1. The molecule has 1 aromatic rings. The first kappa shape index (κ1) is 14.0. The van der Waals surface area contributed by atoms with Gasteiger partial charge >= 0.3 is 12.3 Å². The molecule has 0 aliphatic carbocycles. The molecule has 0 saturated carbocycles. The smallest absolute Gasteiger partial charge is 0.496 e. The highest BCUT2D eigenvalue weighted by molar-refractivity contribution is 5.92. The first-order chi connectivity index (χ1) is 8.28. The Balaban J connectivity index is 3.30. The Morgan fingerprint density at radius 3 is 2.56 bits per heavy atom. The Bertz CT molecular complexity index is 437. The van der Waals surface area contributed by atoms with Gasteiger partial charge in [-0.15, -0.1) is 13.2 Å². The number of methoxy groups -OCH3 is 1. The van der Waals surface area contributed by atoms with Crippen molar-refractivity contribution in [3.8, 4) is 11.6 Å². The average molecular weight is 266 g/mol. The molecule has 6 nitrogen and oxygen atoms in total. The Kier molecular flexibility index (Phi) is 3.96. The lowest BCUT2D eigenvalue weighted by Crippen LogP contribution is -2.20. The number of rotatable bonds is 4. The molecule has 0 aliphatic heterocycles. The van der Waals surface area contributed by atoms with Gasteiger partial charge in [-0.1, -0.05) is 0 Å². The Hall–Kier alpha value is -2.03. The predicted octanol–water partition coefficient (Wildman–Crippen LogP) is 1.15. The van der Waals surface area contributed by atoms with Crippen LogP contribution in [0.4, 0.5) is 13.2 Å². The minimum absolute atomic E-state index is 0.263. The number of nitrogens with zero attached hydrogens (tertiary/aromatic N) is 1. The molecule has 0 fully saturated rings. The van der Waals surface area contributed by atoms with Gasteiger partial charge in [0.1, 0.15) is 11.3 Å². The van der Waals surface area contributed by atoms with Gasteiger partial charge in [-0.2, -0.15) is 0 Å². The molecule has 18 heavy (non-hydrogen) atoms. The number of pyridine rings is 1. The summed E-state index contributed by atoms with van der Waals surface area (Å²) >= 11 is 0. The number of carboxylic acids is 1. The molecule has 1 rings (SSSR count). The Morgan fingerprint density at radius 1 is 1.56 bits per heavy atom. The maximum absolute atomic E-state index is 12.0. The quantitative estimate of drug-likeness (QED) is 0.848. The van der Waals surface area contributed by atoms with Crippen LogP contribution in [0.1, 0.15) is 16.1 Å². The number of aromatic nitrogens is 1. The summed E-state index contributed by atoms with van der Waals surface area (Å²) in [7, 11) is 1.11. The highest BCUT2D eigenvalue weighted by Gasteiger charge is 2.33. The summed E-state index contributed by atoms with van der Waals surface area (Å²) in [5, 5.41) is 8.89. The third-order valence-electron chi connectivity index (χ3n) is 1.88. The maximum atomic E-state index is 12.0. The van der Waals surface area contributed by atoms with Crippen molar-refractivity contribution in [3.63, 3.8) is 0 Å². The second-order valence-corrected chi connectivity index (χ2v) is 3.04. The van der Waals surface area contributed by atoms with Crippen LogP contribution < -0.4 is 15.2 Å². The number of hydrogen-bond donors (Lipinski definition) is 2. The standard InChI is InChI=1S/C9H9F3N2O4/c1-17-5-2-6(18-9(10,11)12)14-4(3-13)7(5)8(15)16/h2H,3,13H2,1H3,(H,15,16). The first-order valence-electron chi connectivity index (χ1n) is 4.55. The van der Waals surface area contributed by atoms with Crippen LogP contribution >= 0.6 is 0 Å². The Morgan fingerprint density at radius 2 is 2.17 bits per heavy atom. The predicted molar refractivity (Wildman–Crippen MR) is 52.3 cm³/mol. The van der Waals surface area contributed by atoms with Crippen molar-refractivity contribution in [2.75, 3.05) is 7.11 Å². The minimum atomic E-state index is -4.94. The van der Waals surface area contributed by atoms with E-state index < -0.39 is 23.8 Å². The molecule has 0 aromatic carbocycles. The lowest BCUT2D eigenvalue weighted by molar-refractivity contribution is -0.276. The first-order valence-corrected chi connectivity index (χ1v) is 4.55. The summed E-state index contributed by atoms with van der Waals surface area (Å²) in [6, 6.07) is 0.732. The molecule has 1 heterocycles. The number of carbonyl (C=O) groups is 1. The molecule has 0 saturated heterocycles. The molecule has 0 radical (unpaired) electrons.